The summed E-state index contributed by atoms with van der Waals surface area (Å²) in [5.41, 5.74) is 1.90. The highest BCUT2D eigenvalue weighted by Gasteiger charge is 2.16. The van der Waals surface area contributed by atoms with E-state index in [1.165, 1.54) is 14.2 Å². The summed E-state index contributed by atoms with van der Waals surface area (Å²) in [6.45, 7) is 3.91. The third kappa shape index (κ3) is 2.87. The van der Waals surface area contributed by atoms with Crippen LogP contribution >= 0.6 is 0 Å². The van der Waals surface area contributed by atoms with Crippen LogP contribution in [0.3, 0.4) is 0 Å². The van der Waals surface area contributed by atoms with E-state index in [4.69, 9.17) is 14.2 Å². The van der Waals surface area contributed by atoms with Crippen molar-refractivity contribution in [3.05, 3.63) is 24.7 Å². The van der Waals surface area contributed by atoms with Gasteiger partial charge in [0.25, 0.3) is 0 Å². The number of hydrogen-bond acceptors (Lipinski definition) is 7. The summed E-state index contributed by atoms with van der Waals surface area (Å²) in [6.07, 6.45) is 5.04. The smallest absolute Gasteiger partial charge is 0.319 e. The molecule has 0 radical (unpaired) electrons. The van der Waals surface area contributed by atoms with Gasteiger partial charge < -0.3 is 14.2 Å². The van der Waals surface area contributed by atoms with E-state index in [-0.39, 0.29) is 12.1 Å². The molecule has 0 aliphatic carbocycles. The summed E-state index contributed by atoms with van der Waals surface area (Å²) < 4.78 is 17.8. The Bertz CT molecular complexity index is 831. The number of imidazole rings is 1. The van der Waals surface area contributed by atoms with Gasteiger partial charge in [0.05, 0.1) is 25.9 Å². The quantitative estimate of drug-likeness (QED) is 0.712. The SMILES string of the molecule is COc1ncc(-c2cc(OC(C)C)c3nccn3n2)c(OC)n1. The van der Waals surface area contributed by atoms with Crippen molar-refractivity contribution in [2.24, 2.45) is 0 Å². The predicted molar refractivity (Wildman–Crippen MR) is 82.9 cm³/mol. The zero-order valence-corrected chi connectivity index (χ0v) is 13.3. The van der Waals surface area contributed by atoms with Crippen molar-refractivity contribution in [3.63, 3.8) is 0 Å². The molecule has 3 aromatic rings. The van der Waals surface area contributed by atoms with E-state index < -0.39 is 0 Å². The molecule has 3 heterocycles. The number of ether oxygens (including phenoxy) is 3. The Morgan fingerprint density at radius 3 is 2.65 bits per heavy atom. The van der Waals surface area contributed by atoms with E-state index in [2.05, 4.69) is 20.1 Å². The molecule has 0 aliphatic heterocycles. The molecule has 0 saturated carbocycles. The molecule has 0 unspecified atom stereocenters. The van der Waals surface area contributed by atoms with Crippen molar-refractivity contribution in [1.82, 2.24) is 24.6 Å². The lowest BCUT2D eigenvalue weighted by Crippen LogP contribution is -2.08. The van der Waals surface area contributed by atoms with E-state index >= 15 is 0 Å². The first-order chi connectivity index (χ1) is 11.1. The molecular formula is C15H17N5O3. The fraction of sp³-hybridized carbons (Fsp3) is 0.333. The van der Waals surface area contributed by atoms with Crippen molar-refractivity contribution in [2.45, 2.75) is 20.0 Å². The van der Waals surface area contributed by atoms with E-state index in [0.29, 0.717) is 28.5 Å². The molecule has 8 nitrogen and oxygen atoms in total. The fourth-order valence-corrected chi connectivity index (χ4v) is 2.14. The van der Waals surface area contributed by atoms with Gasteiger partial charge in [-0.15, -0.1) is 0 Å². The summed E-state index contributed by atoms with van der Waals surface area (Å²) in [5.74, 6) is 1.01. The number of rotatable bonds is 5. The third-order valence-corrected chi connectivity index (χ3v) is 3.07. The molecular weight excluding hydrogens is 298 g/mol. The van der Waals surface area contributed by atoms with Gasteiger partial charge >= 0.3 is 6.01 Å². The summed E-state index contributed by atoms with van der Waals surface area (Å²) in [7, 11) is 3.03. The van der Waals surface area contributed by atoms with Gasteiger partial charge in [-0.2, -0.15) is 10.1 Å². The molecule has 23 heavy (non-hydrogen) atoms. The first-order valence-corrected chi connectivity index (χ1v) is 7.08. The van der Waals surface area contributed by atoms with Crippen molar-refractivity contribution in [3.8, 4) is 28.9 Å². The van der Waals surface area contributed by atoms with Crippen molar-refractivity contribution < 1.29 is 14.2 Å². The fourth-order valence-electron chi connectivity index (χ4n) is 2.14. The Balaban J connectivity index is 2.16. The molecule has 0 saturated heterocycles. The molecule has 0 spiro atoms. The van der Waals surface area contributed by atoms with Gasteiger partial charge in [-0.05, 0) is 13.8 Å². The van der Waals surface area contributed by atoms with Gasteiger partial charge in [-0.3, -0.25) is 0 Å². The van der Waals surface area contributed by atoms with Gasteiger partial charge in [-0.1, -0.05) is 0 Å². The van der Waals surface area contributed by atoms with Gasteiger partial charge in [0.15, 0.2) is 11.4 Å². The summed E-state index contributed by atoms with van der Waals surface area (Å²) in [4.78, 5) is 12.6. The second-order valence-electron chi connectivity index (χ2n) is 5.04. The lowest BCUT2D eigenvalue weighted by atomic mass is 10.2. The first-order valence-electron chi connectivity index (χ1n) is 7.08. The highest BCUT2D eigenvalue weighted by atomic mass is 16.5. The van der Waals surface area contributed by atoms with E-state index in [9.17, 15) is 0 Å². The maximum absolute atomic E-state index is 5.84. The van der Waals surface area contributed by atoms with Crippen LogP contribution in [0.25, 0.3) is 16.9 Å². The Hall–Kier alpha value is -2.90. The van der Waals surface area contributed by atoms with E-state index in [1.807, 2.05) is 13.8 Å². The van der Waals surface area contributed by atoms with Crippen LogP contribution < -0.4 is 14.2 Å². The third-order valence-electron chi connectivity index (χ3n) is 3.07. The Kier molecular flexibility index (Phi) is 3.96. The molecule has 0 amide bonds. The maximum atomic E-state index is 5.84. The molecule has 3 aromatic heterocycles. The standard InChI is InChI=1S/C15H17N5O3/c1-9(2)23-12-7-11(19-20-6-5-16-13(12)20)10-8-17-15(22-4)18-14(10)21-3/h5-9H,1-4H3. The van der Waals surface area contributed by atoms with E-state index in [0.717, 1.165) is 0 Å². The zero-order chi connectivity index (χ0) is 16.4. The van der Waals surface area contributed by atoms with Crippen LogP contribution in [-0.2, 0) is 0 Å². The molecule has 0 aliphatic rings. The van der Waals surface area contributed by atoms with Crippen LogP contribution in [-0.4, -0.2) is 44.9 Å². The van der Waals surface area contributed by atoms with Crippen LogP contribution in [0.1, 0.15) is 13.8 Å². The number of methoxy groups -OCH3 is 2. The van der Waals surface area contributed by atoms with Gasteiger partial charge in [0.2, 0.25) is 5.88 Å². The average molecular weight is 315 g/mol. The van der Waals surface area contributed by atoms with Crippen LogP contribution in [0, 0.1) is 0 Å². The summed E-state index contributed by atoms with van der Waals surface area (Å²) >= 11 is 0. The molecule has 0 aromatic carbocycles. The lowest BCUT2D eigenvalue weighted by Gasteiger charge is -2.13. The van der Waals surface area contributed by atoms with Gasteiger partial charge in [0, 0.05) is 24.7 Å². The average Bonchev–Trinajstić information content (AvgIpc) is 3.02. The Morgan fingerprint density at radius 1 is 1.13 bits per heavy atom. The molecule has 0 fully saturated rings. The molecule has 0 N–H and O–H groups in total. The Labute approximate surface area is 133 Å². The number of fused-ring (bicyclic) bond motifs is 1. The van der Waals surface area contributed by atoms with Crippen LogP contribution in [0.5, 0.6) is 17.6 Å². The van der Waals surface area contributed by atoms with Crippen molar-refractivity contribution in [1.29, 1.82) is 0 Å². The van der Waals surface area contributed by atoms with Crippen molar-refractivity contribution in [2.75, 3.05) is 14.2 Å². The highest BCUT2D eigenvalue weighted by Crippen LogP contribution is 2.31. The number of hydrogen-bond donors (Lipinski definition) is 0. The summed E-state index contributed by atoms with van der Waals surface area (Å²) in [6, 6.07) is 2.03. The zero-order valence-electron chi connectivity index (χ0n) is 13.3. The second-order valence-corrected chi connectivity index (χ2v) is 5.04. The number of nitrogens with zero attached hydrogens (tertiary/aromatic N) is 5. The minimum Gasteiger partial charge on any atom is -0.487 e. The highest BCUT2D eigenvalue weighted by molar-refractivity contribution is 5.68. The Morgan fingerprint density at radius 2 is 1.96 bits per heavy atom. The first kappa shape index (κ1) is 15.0. The largest absolute Gasteiger partial charge is 0.487 e. The lowest BCUT2D eigenvalue weighted by molar-refractivity contribution is 0.244. The monoisotopic (exact) mass is 315 g/mol. The van der Waals surface area contributed by atoms with Gasteiger partial charge in [0.1, 0.15) is 5.69 Å². The maximum Gasteiger partial charge on any atom is 0.319 e. The molecule has 3 rings (SSSR count). The predicted octanol–water partition coefficient (Wildman–Crippen LogP) is 1.99. The molecule has 8 heteroatoms. The molecule has 0 atom stereocenters. The number of aromatic nitrogens is 5. The van der Waals surface area contributed by atoms with Crippen LogP contribution in [0.2, 0.25) is 0 Å². The minimum atomic E-state index is 0.0137. The van der Waals surface area contributed by atoms with Gasteiger partial charge in [-0.25, -0.2) is 14.5 Å². The van der Waals surface area contributed by atoms with Crippen molar-refractivity contribution >= 4 is 5.65 Å². The minimum absolute atomic E-state index is 0.0137. The van der Waals surface area contributed by atoms with Crippen LogP contribution in [0.15, 0.2) is 24.7 Å². The topological polar surface area (TPSA) is 83.7 Å². The van der Waals surface area contributed by atoms with Crippen LogP contribution in [0.4, 0.5) is 0 Å². The van der Waals surface area contributed by atoms with E-state index in [1.54, 1.807) is 29.2 Å². The summed E-state index contributed by atoms with van der Waals surface area (Å²) in [5, 5.41) is 4.51. The second kappa shape index (κ2) is 6.07. The normalized spacial score (nSPS) is 11.0. The molecule has 0 bridgehead atoms. The molecule has 120 valence electrons.